The van der Waals surface area contributed by atoms with Gasteiger partial charge in [-0.3, -0.25) is 4.79 Å². The maximum atomic E-state index is 12.4. The average molecular weight is 248 g/mol. The van der Waals surface area contributed by atoms with E-state index in [0.29, 0.717) is 5.56 Å². The molecule has 4 heteroatoms. The topological polar surface area (TPSA) is 52.6 Å². The van der Waals surface area contributed by atoms with E-state index in [1.807, 2.05) is 31.3 Å². The van der Waals surface area contributed by atoms with E-state index in [2.05, 4.69) is 5.32 Å². The Kier molecular flexibility index (Phi) is 4.20. The highest BCUT2D eigenvalue weighted by atomic mass is 16.3. The van der Waals surface area contributed by atoms with Crippen molar-refractivity contribution in [2.75, 3.05) is 25.5 Å². The number of hydrogen-bond acceptors (Lipinski definition) is 3. The van der Waals surface area contributed by atoms with Crippen LogP contribution < -0.4 is 5.32 Å². The largest absolute Gasteiger partial charge is 0.394 e. The van der Waals surface area contributed by atoms with Crippen molar-refractivity contribution in [2.45, 2.75) is 25.3 Å². The number of carbonyl (C=O) groups is 1. The maximum Gasteiger partial charge on any atom is 0.254 e. The summed E-state index contributed by atoms with van der Waals surface area (Å²) in [6.07, 6.45) is 3.01. The first kappa shape index (κ1) is 12.9. The lowest BCUT2D eigenvalue weighted by atomic mass is 10.0. The van der Waals surface area contributed by atoms with Gasteiger partial charge in [0.15, 0.2) is 0 Å². The molecule has 18 heavy (non-hydrogen) atoms. The molecule has 1 aliphatic heterocycles. The molecule has 1 heterocycles. The molecular weight excluding hydrogens is 228 g/mol. The number of rotatable bonds is 3. The number of benzene rings is 1. The maximum absolute atomic E-state index is 12.4. The molecule has 0 aromatic heterocycles. The van der Waals surface area contributed by atoms with Crippen molar-refractivity contribution in [3.63, 3.8) is 0 Å². The van der Waals surface area contributed by atoms with Gasteiger partial charge in [0.2, 0.25) is 0 Å². The molecule has 0 spiro atoms. The van der Waals surface area contributed by atoms with Crippen molar-refractivity contribution in [2.24, 2.45) is 0 Å². The summed E-state index contributed by atoms with van der Waals surface area (Å²) in [7, 11) is 1.83. The van der Waals surface area contributed by atoms with Crippen LogP contribution in [0, 0.1) is 0 Å². The third-order valence-corrected chi connectivity index (χ3v) is 3.50. The molecule has 1 atom stereocenters. The molecule has 1 unspecified atom stereocenters. The molecule has 98 valence electrons. The lowest BCUT2D eigenvalue weighted by Gasteiger charge is -2.34. The molecule has 1 saturated heterocycles. The Balaban J connectivity index is 2.18. The lowest BCUT2D eigenvalue weighted by Crippen LogP contribution is -2.45. The SMILES string of the molecule is CNc1cccc(C(=O)N2CCCCC2CO)c1. The van der Waals surface area contributed by atoms with Crippen LogP contribution in [0.1, 0.15) is 29.6 Å². The minimum atomic E-state index is -0.0236. The molecule has 1 fully saturated rings. The summed E-state index contributed by atoms with van der Waals surface area (Å²) in [5, 5.41) is 12.4. The molecule has 0 saturated carbocycles. The van der Waals surface area contributed by atoms with Crippen LogP contribution in [0.15, 0.2) is 24.3 Å². The molecule has 1 aromatic carbocycles. The van der Waals surface area contributed by atoms with Crippen molar-refractivity contribution in [3.05, 3.63) is 29.8 Å². The Morgan fingerprint density at radius 1 is 1.50 bits per heavy atom. The van der Waals surface area contributed by atoms with E-state index in [4.69, 9.17) is 0 Å². The summed E-state index contributed by atoms with van der Waals surface area (Å²) in [6, 6.07) is 7.45. The van der Waals surface area contributed by atoms with Crippen LogP contribution in [-0.2, 0) is 0 Å². The molecule has 1 aliphatic rings. The van der Waals surface area contributed by atoms with Crippen molar-refractivity contribution in [3.8, 4) is 0 Å². The van der Waals surface area contributed by atoms with Gasteiger partial charge in [0, 0.05) is 24.8 Å². The first-order chi connectivity index (χ1) is 8.76. The predicted molar refractivity (Wildman–Crippen MR) is 71.8 cm³/mol. The fourth-order valence-electron chi connectivity index (χ4n) is 2.43. The van der Waals surface area contributed by atoms with Crippen molar-refractivity contribution in [1.82, 2.24) is 4.90 Å². The highest BCUT2D eigenvalue weighted by Crippen LogP contribution is 2.20. The highest BCUT2D eigenvalue weighted by molar-refractivity contribution is 5.95. The first-order valence-electron chi connectivity index (χ1n) is 6.46. The standard InChI is InChI=1S/C14H20N2O2/c1-15-12-6-4-5-11(9-12)14(18)16-8-3-2-7-13(16)10-17/h4-6,9,13,15,17H,2-3,7-8,10H2,1H3. The number of hydrogen-bond donors (Lipinski definition) is 2. The van der Waals surface area contributed by atoms with Crippen LogP contribution >= 0.6 is 0 Å². The van der Waals surface area contributed by atoms with Crippen molar-refractivity contribution >= 4 is 11.6 Å². The van der Waals surface area contributed by atoms with Crippen molar-refractivity contribution in [1.29, 1.82) is 0 Å². The predicted octanol–water partition coefficient (Wildman–Crippen LogP) is 1.72. The number of aliphatic hydroxyl groups is 1. The van der Waals surface area contributed by atoms with E-state index in [1.165, 1.54) is 0 Å². The van der Waals surface area contributed by atoms with Gasteiger partial charge >= 0.3 is 0 Å². The van der Waals surface area contributed by atoms with Crippen molar-refractivity contribution < 1.29 is 9.90 Å². The number of anilines is 1. The van der Waals surface area contributed by atoms with Gasteiger partial charge in [0.05, 0.1) is 12.6 Å². The molecule has 0 radical (unpaired) electrons. The van der Waals surface area contributed by atoms with E-state index in [1.54, 1.807) is 4.90 Å². The van der Waals surface area contributed by atoms with Gasteiger partial charge in [-0.2, -0.15) is 0 Å². The molecule has 2 N–H and O–H groups in total. The number of amides is 1. The Hall–Kier alpha value is -1.55. The van der Waals surface area contributed by atoms with Gasteiger partial charge in [0.25, 0.3) is 5.91 Å². The van der Waals surface area contributed by atoms with E-state index < -0.39 is 0 Å². The van der Waals surface area contributed by atoms with E-state index in [0.717, 1.165) is 31.5 Å². The third kappa shape index (κ3) is 2.64. The Labute approximate surface area is 108 Å². The van der Waals surface area contributed by atoms with Crippen LogP contribution in [-0.4, -0.2) is 42.2 Å². The Bertz CT molecular complexity index is 420. The zero-order valence-corrected chi connectivity index (χ0v) is 10.7. The second-order valence-corrected chi connectivity index (χ2v) is 4.66. The summed E-state index contributed by atoms with van der Waals surface area (Å²) in [5.41, 5.74) is 1.61. The molecule has 2 rings (SSSR count). The zero-order valence-electron chi connectivity index (χ0n) is 10.7. The van der Waals surface area contributed by atoms with Crippen LogP contribution in [0.4, 0.5) is 5.69 Å². The molecule has 1 amide bonds. The van der Waals surface area contributed by atoms with Gasteiger partial charge in [0.1, 0.15) is 0 Å². The van der Waals surface area contributed by atoms with Gasteiger partial charge in [-0.25, -0.2) is 0 Å². The van der Waals surface area contributed by atoms with Crippen LogP contribution in [0.5, 0.6) is 0 Å². The lowest BCUT2D eigenvalue weighted by molar-refractivity contribution is 0.0503. The molecular formula is C14H20N2O2. The van der Waals surface area contributed by atoms with Gasteiger partial charge in [-0.15, -0.1) is 0 Å². The fourth-order valence-corrected chi connectivity index (χ4v) is 2.43. The number of carbonyl (C=O) groups excluding carboxylic acids is 1. The van der Waals surface area contributed by atoms with Gasteiger partial charge < -0.3 is 15.3 Å². The summed E-state index contributed by atoms with van der Waals surface area (Å²) in [4.78, 5) is 14.2. The Morgan fingerprint density at radius 2 is 2.33 bits per heavy atom. The quantitative estimate of drug-likeness (QED) is 0.856. The monoisotopic (exact) mass is 248 g/mol. The molecule has 0 aliphatic carbocycles. The van der Waals surface area contributed by atoms with E-state index in [-0.39, 0.29) is 18.6 Å². The van der Waals surface area contributed by atoms with Gasteiger partial charge in [-0.1, -0.05) is 6.07 Å². The van der Waals surface area contributed by atoms with Crippen LogP contribution in [0.2, 0.25) is 0 Å². The second kappa shape index (κ2) is 5.87. The zero-order chi connectivity index (χ0) is 13.0. The normalized spacial score (nSPS) is 19.7. The minimum Gasteiger partial charge on any atom is -0.394 e. The highest BCUT2D eigenvalue weighted by Gasteiger charge is 2.26. The van der Waals surface area contributed by atoms with Gasteiger partial charge in [-0.05, 0) is 37.5 Å². The average Bonchev–Trinajstić information content (AvgIpc) is 2.46. The fraction of sp³-hybridized carbons (Fsp3) is 0.500. The summed E-state index contributed by atoms with van der Waals surface area (Å²) >= 11 is 0. The van der Waals surface area contributed by atoms with E-state index >= 15 is 0 Å². The Morgan fingerprint density at radius 3 is 3.06 bits per heavy atom. The number of likely N-dealkylation sites (tertiary alicyclic amines) is 1. The summed E-state index contributed by atoms with van der Waals surface area (Å²) < 4.78 is 0. The number of piperidine rings is 1. The minimum absolute atomic E-state index is 0.0193. The second-order valence-electron chi connectivity index (χ2n) is 4.66. The summed E-state index contributed by atoms with van der Waals surface area (Å²) in [5.74, 6) is 0.0193. The molecule has 4 nitrogen and oxygen atoms in total. The number of nitrogens with one attached hydrogen (secondary N) is 1. The first-order valence-corrected chi connectivity index (χ1v) is 6.46. The number of aliphatic hydroxyl groups excluding tert-OH is 1. The summed E-state index contributed by atoms with van der Waals surface area (Å²) in [6.45, 7) is 0.797. The molecule has 0 bridgehead atoms. The molecule has 1 aromatic rings. The van der Waals surface area contributed by atoms with Crippen LogP contribution in [0.3, 0.4) is 0 Å². The van der Waals surface area contributed by atoms with E-state index in [9.17, 15) is 9.90 Å². The number of nitrogens with zero attached hydrogens (tertiary/aromatic N) is 1. The third-order valence-electron chi connectivity index (χ3n) is 3.50. The van der Waals surface area contributed by atoms with Crippen LogP contribution in [0.25, 0.3) is 0 Å². The smallest absolute Gasteiger partial charge is 0.254 e.